The van der Waals surface area contributed by atoms with Crippen LogP contribution < -0.4 is 5.32 Å². The Labute approximate surface area is 204 Å². The number of nitrogens with one attached hydrogen (secondary N) is 1. The van der Waals surface area contributed by atoms with Crippen molar-refractivity contribution in [3.63, 3.8) is 0 Å². The molecule has 0 atom stereocenters. The van der Waals surface area contributed by atoms with Crippen LogP contribution >= 0.6 is 0 Å². The second-order valence-corrected chi connectivity index (χ2v) is 9.89. The number of para-hydroxylation sites is 1. The van der Waals surface area contributed by atoms with Gasteiger partial charge in [-0.3, -0.25) is 0 Å². The van der Waals surface area contributed by atoms with Gasteiger partial charge in [0.2, 0.25) is 0 Å². The molecule has 0 saturated carbocycles. The first-order chi connectivity index (χ1) is 17.1. The van der Waals surface area contributed by atoms with E-state index in [9.17, 15) is 0 Å². The topological polar surface area (TPSA) is 25.2 Å². The highest BCUT2D eigenvalue weighted by atomic mass is 16.3. The molecule has 1 aliphatic carbocycles. The Kier molecular flexibility index (Phi) is 4.22. The largest absolute Gasteiger partial charge is 0.455 e. The van der Waals surface area contributed by atoms with E-state index in [2.05, 4.69) is 110 Å². The second-order valence-electron chi connectivity index (χ2n) is 9.89. The molecule has 0 saturated heterocycles. The van der Waals surface area contributed by atoms with Crippen molar-refractivity contribution in [3.05, 3.63) is 120 Å². The third-order valence-corrected chi connectivity index (χ3v) is 7.45. The summed E-state index contributed by atoms with van der Waals surface area (Å²) in [6.07, 6.45) is 0. The van der Waals surface area contributed by atoms with Crippen molar-refractivity contribution in [2.75, 3.05) is 5.32 Å². The van der Waals surface area contributed by atoms with Crippen LogP contribution in [0.4, 0.5) is 11.4 Å². The highest BCUT2D eigenvalue weighted by molar-refractivity contribution is 6.11. The summed E-state index contributed by atoms with van der Waals surface area (Å²) in [5.74, 6) is 0. The number of furan rings is 1. The van der Waals surface area contributed by atoms with Gasteiger partial charge < -0.3 is 9.73 Å². The normalized spacial score (nSPS) is 13.7. The molecule has 0 fully saturated rings. The highest BCUT2D eigenvalue weighted by Crippen LogP contribution is 2.52. The molecule has 2 heteroatoms. The number of benzene rings is 5. The van der Waals surface area contributed by atoms with Crippen molar-refractivity contribution in [2.24, 2.45) is 0 Å². The third-order valence-electron chi connectivity index (χ3n) is 7.45. The van der Waals surface area contributed by atoms with E-state index in [1.165, 1.54) is 22.3 Å². The van der Waals surface area contributed by atoms with E-state index >= 15 is 0 Å². The monoisotopic (exact) mass is 451 g/mol. The molecule has 0 bridgehead atoms. The average Bonchev–Trinajstić information content (AvgIpc) is 3.38. The maximum Gasteiger partial charge on any atom is 0.143 e. The minimum absolute atomic E-state index is 0.0243. The van der Waals surface area contributed by atoms with Gasteiger partial charge in [-0.25, -0.2) is 0 Å². The molecule has 1 aromatic heterocycles. The van der Waals surface area contributed by atoms with E-state index in [0.717, 1.165) is 44.4 Å². The minimum Gasteiger partial charge on any atom is -0.455 e. The van der Waals surface area contributed by atoms with E-state index in [1.807, 2.05) is 18.2 Å². The molecule has 7 rings (SSSR count). The van der Waals surface area contributed by atoms with Crippen LogP contribution in [0.5, 0.6) is 0 Å². The number of hydrogen-bond acceptors (Lipinski definition) is 2. The van der Waals surface area contributed by atoms with Crippen molar-refractivity contribution >= 4 is 33.3 Å². The Hall–Kier alpha value is -4.30. The summed E-state index contributed by atoms with van der Waals surface area (Å²) in [6, 6.07) is 38.6. The zero-order valence-electron chi connectivity index (χ0n) is 19.8. The van der Waals surface area contributed by atoms with E-state index in [4.69, 9.17) is 4.42 Å². The van der Waals surface area contributed by atoms with Crippen molar-refractivity contribution in [1.82, 2.24) is 0 Å². The first-order valence-electron chi connectivity index (χ1n) is 12.1. The fourth-order valence-corrected chi connectivity index (χ4v) is 5.75. The van der Waals surface area contributed by atoms with Gasteiger partial charge in [-0.15, -0.1) is 0 Å². The summed E-state index contributed by atoms with van der Waals surface area (Å²) in [6.45, 7) is 4.64. The standard InChI is InChI=1S/C33H25NO/c1-33(2)27-15-8-6-14-24(27)31-28(33)16-10-17-29(31)34-22-19-25(21-11-4-3-5-12-21)32-26(20-22)23-13-7-9-18-30(23)35-32/h3-20,34H,1-2H3. The molecule has 1 N–H and O–H groups in total. The van der Waals surface area contributed by atoms with Gasteiger partial charge in [0, 0.05) is 38.7 Å². The Morgan fingerprint density at radius 3 is 2.26 bits per heavy atom. The number of hydrogen-bond donors (Lipinski definition) is 1. The summed E-state index contributed by atoms with van der Waals surface area (Å²) in [4.78, 5) is 0. The van der Waals surface area contributed by atoms with Crippen LogP contribution in [0.2, 0.25) is 0 Å². The molecule has 0 spiro atoms. The van der Waals surface area contributed by atoms with E-state index in [0.29, 0.717) is 0 Å². The first kappa shape index (κ1) is 20.1. The fraction of sp³-hybridized carbons (Fsp3) is 0.0909. The number of fused-ring (bicyclic) bond motifs is 6. The Morgan fingerprint density at radius 1 is 0.629 bits per heavy atom. The predicted molar refractivity (Wildman–Crippen MR) is 146 cm³/mol. The van der Waals surface area contributed by atoms with Gasteiger partial charge in [0.25, 0.3) is 0 Å². The van der Waals surface area contributed by atoms with E-state index < -0.39 is 0 Å². The van der Waals surface area contributed by atoms with Gasteiger partial charge in [0.1, 0.15) is 11.2 Å². The van der Waals surface area contributed by atoms with Crippen molar-refractivity contribution < 1.29 is 4.42 Å². The first-order valence-corrected chi connectivity index (χ1v) is 12.1. The van der Waals surface area contributed by atoms with Gasteiger partial charge in [-0.2, -0.15) is 0 Å². The smallest absolute Gasteiger partial charge is 0.143 e. The molecule has 1 heterocycles. The molecule has 6 aromatic rings. The van der Waals surface area contributed by atoms with Crippen molar-refractivity contribution in [1.29, 1.82) is 0 Å². The Morgan fingerprint density at radius 2 is 1.37 bits per heavy atom. The minimum atomic E-state index is -0.0243. The molecule has 5 aromatic carbocycles. The van der Waals surface area contributed by atoms with Crippen molar-refractivity contribution in [3.8, 4) is 22.3 Å². The van der Waals surface area contributed by atoms with E-state index in [1.54, 1.807) is 0 Å². The van der Waals surface area contributed by atoms with Crippen LogP contribution in [0.3, 0.4) is 0 Å². The van der Waals surface area contributed by atoms with Crippen LogP contribution in [0.25, 0.3) is 44.2 Å². The highest BCUT2D eigenvalue weighted by Gasteiger charge is 2.36. The maximum atomic E-state index is 6.36. The summed E-state index contributed by atoms with van der Waals surface area (Å²) < 4.78 is 6.36. The van der Waals surface area contributed by atoms with Crippen LogP contribution in [-0.2, 0) is 5.41 Å². The average molecular weight is 452 g/mol. The molecule has 2 nitrogen and oxygen atoms in total. The third kappa shape index (κ3) is 2.96. The van der Waals surface area contributed by atoms with Gasteiger partial charge >= 0.3 is 0 Å². The van der Waals surface area contributed by atoms with Gasteiger partial charge in [0.05, 0.1) is 0 Å². The van der Waals surface area contributed by atoms with E-state index in [-0.39, 0.29) is 5.41 Å². The zero-order chi connectivity index (χ0) is 23.6. The lowest BCUT2D eigenvalue weighted by molar-refractivity contribution is 0.660. The van der Waals surface area contributed by atoms with Gasteiger partial charge in [-0.1, -0.05) is 98.8 Å². The number of anilines is 2. The SMILES string of the molecule is CC1(C)c2ccccc2-c2c(Nc3cc(-c4ccccc4)c4oc5ccccc5c4c3)cccc21. The van der Waals surface area contributed by atoms with Crippen LogP contribution in [-0.4, -0.2) is 0 Å². The van der Waals surface area contributed by atoms with Crippen LogP contribution in [0, 0.1) is 0 Å². The second kappa shape index (κ2) is 7.35. The molecule has 0 radical (unpaired) electrons. The summed E-state index contributed by atoms with van der Waals surface area (Å²) in [5, 5.41) is 6.05. The molecule has 0 aliphatic heterocycles. The molecular weight excluding hydrogens is 426 g/mol. The Balaban J connectivity index is 1.45. The molecular formula is C33H25NO. The summed E-state index contributed by atoms with van der Waals surface area (Å²) in [5.41, 5.74) is 11.6. The summed E-state index contributed by atoms with van der Waals surface area (Å²) >= 11 is 0. The molecule has 0 unspecified atom stereocenters. The van der Waals surface area contributed by atoms with Gasteiger partial charge in [-0.05, 0) is 46.5 Å². The molecule has 168 valence electrons. The fourth-order valence-electron chi connectivity index (χ4n) is 5.75. The quantitative estimate of drug-likeness (QED) is 0.290. The Bertz CT molecular complexity index is 1740. The van der Waals surface area contributed by atoms with Crippen molar-refractivity contribution in [2.45, 2.75) is 19.3 Å². The molecule has 35 heavy (non-hydrogen) atoms. The lowest BCUT2D eigenvalue weighted by Gasteiger charge is -2.21. The van der Waals surface area contributed by atoms with Gasteiger partial charge in [0.15, 0.2) is 0 Å². The summed E-state index contributed by atoms with van der Waals surface area (Å²) in [7, 11) is 0. The zero-order valence-corrected chi connectivity index (χ0v) is 19.8. The van der Waals surface area contributed by atoms with Crippen LogP contribution in [0.1, 0.15) is 25.0 Å². The van der Waals surface area contributed by atoms with Crippen LogP contribution in [0.15, 0.2) is 114 Å². The molecule has 0 amide bonds. The molecule has 1 aliphatic rings. The number of rotatable bonds is 3. The predicted octanol–water partition coefficient (Wildman–Crippen LogP) is 9.30. The lowest BCUT2D eigenvalue weighted by Crippen LogP contribution is -2.14. The maximum absolute atomic E-state index is 6.36. The lowest BCUT2D eigenvalue weighted by atomic mass is 9.82.